The summed E-state index contributed by atoms with van der Waals surface area (Å²) in [5, 5.41) is 10.6. The number of nitrogens with two attached hydrogens (primary N) is 3. The zero-order valence-electron chi connectivity index (χ0n) is 15.9. The number of hydrogen-bond donors (Lipinski definition) is 4. The summed E-state index contributed by atoms with van der Waals surface area (Å²) in [6.45, 7) is 1.20. The molecule has 1 saturated heterocycles. The van der Waals surface area contributed by atoms with E-state index in [0.29, 0.717) is 42.4 Å². The highest BCUT2D eigenvalue weighted by molar-refractivity contribution is 7.80. The molecule has 28 heavy (non-hydrogen) atoms. The normalized spacial score (nSPS) is 23.3. The zero-order chi connectivity index (χ0) is 20.1. The Balaban J connectivity index is 1.69. The van der Waals surface area contributed by atoms with E-state index in [1.165, 1.54) is 6.33 Å². The number of thiocarbonyl (C=S) groups is 1. The standard InChI is InChI=1S/C18H29N7O2S/c19-4-1-2-11(6-12(28)3-5-20)7-14-13(26)8-15(27-14)25-10-24-16-17(21)22-9-23-18(16)25/h9-11,13-15,26H,1-8,19-20H2,(H2,21,22,23)/t11-,13+,14-,15-/m1/s1. The van der Waals surface area contributed by atoms with Gasteiger partial charge in [0, 0.05) is 6.42 Å². The maximum atomic E-state index is 10.6. The van der Waals surface area contributed by atoms with E-state index in [4.69, 9.17) is 34.2 Å². The van der Waals surface area contributed by atoms with E-state index in [-0.39, 0.29) is 12.3 Å². The van der Waals surface area contributed by atoms with Crippen molar-refractivity contribution in [1.29, 1.82) is 0 Å². The lowest BCUT2D eigenvalue weighted by atomic mass is 9.89. The number of imidazole rings is 1. The molecule has 0 amide bonds. The van der Waals surface area contributed by atoms with Crippen molar-refractivity contribution in [3.05, 3.63) is 12.7 Å². The largest absolute Gasteiger partial charge is 0.390 e. The predicted octanol–water partition coefficient (Wildman–Crippen LogP) is 0.911. The lowest BCUT2D eigenvalue weighted by molar-refractivity contribution is -0.0287. The smallest absolute Gasteiger partial charge is 0.167 e. The van der Waals surface area contributed by atoms with Gasteiger partial charge in [-0.2, -0.15) is 0 Å². The highest BCUT2D eigenvalue weighted by Crippen LogP contribution is 2.35. The number of nitrogen functional groups attached to an aromatic ring is 1. The van der Waals surface area contributed by atoms with Gasteiger partial charge in [0.1, 0.15) is 18.1 Å². The van der Waals surface area contributed by atoms with Gasteiger partial charge in [-0.3, -0.25) is 4.57 Å². The van der Waals surface area contributed by atoms with Gasteiger partial charge in [0.15, 0.2) is 11.5 Å². The summed E-state index contributed by atoms with van der Waals surface area (Å²) in [5.41, 5.74) is 18.3. The van der Waals surface area contributed by atoms with Crippen LogP contribution in [0.15, 0.2) is 12.7 Å². The molecule has 0 aliphatic carbocycles. The van der Waals surface area contributed by atoms with E-state index >= 15 is 0 Å². The van der Waals surface area contributed by atoms with Crippen LogP contribution in [0.25, 0.3) is 11.2 Å². The van der Waals surface area contributed by atoms with Gasteiger partial charge in [-0.15, -0.1) is 0 Å². The van der Waals surface area contributed by atoms with Crippen LogP contribution in [0.5, 0.6) is 0 Å². The maximum absolute atomic E-state index is 10.6. The molecule has 1 aliphatic rings. The molecule has 0 aromatic carbocycles. The second-order valence-electron chi connectivity index (χ2n) is 7.33. The quantitative estimate of drug-likeness (QED) is 0.421. The minimum Gasteiger partial charge on any atom is -0.390 e. The third kappa shape index (κ3) is 4.81. The van der Waals surface area contributed by atoms with Crippen molar-refractivity contribution in [1.82, 2.24) is 19.5 Å². The van der Waals surface area contributed by atoms with Crippen molar-refractivity contribution in [2.75, 3.05) is 18.8 Å². The Kier molecular flexibility index (Phi) is 7.24. The molecule has 154 valence electrons. The van der Waals surface area contributed by atoms with Gasteiger partial charge in [-0.05, 0) is 56.0 Å². The topological polar surface area (TPSA) is 151 Å². The minimum absolute atomic E-state index is 0.273. The number of aliphatic hydroxyl groups excluding tert-OH is 1. The van der Waals surface area contributed by atoms with Gasteiger partial charge in [-0.1, -0.05) is 12.2 Å². The number of ether oxygens (including phenoxy) is 1. The average Bonchev–Trinajstić information content (AvgIpc) is 3.24. The number of fused-ring (bicyclic) bond motifs is 1. The van der Waals surface area contributed by atoms with Crippen LogP contribution in [-0.4, -0.2) is 54.8 Å². The highest BCUT2D eigenvalue weighted by atomic mass is 32.1. The molecule has 0 unspecified atom stereocenters. The van der Waals surface area contributed by atoms with E-state index in [0.717, 1.165) is 37.0 Å². The monoisotopic (exact) mass is 407 g/mol. The van der Waals surface area contributed by atoms with Crippen molar-refractivity contribution >= 4 is 34.1 Å². The fourth-order valence-corrected chi connectivity index (χ4v) is 4.16. The Bertz CT molecular complexity index is 799. The van der Waals surface area contributed by atoms with E-state index in [2.05, 4.69) is 15.0 Å². The minimum atomic E-state index is -0.565. The molecular weight excluding hydrogens is 378 g/mol. The van der Waals surface area contributed by atoms with Crippen LogP contribution in [0.2, 0.25) is 0 Å². The SMILES string of the molecule is NCCC[C@H](CC(=S)CCN)C[C@H]1O[C@@H](n2cnc3c(N)ncnc32)C[C@@H]1O. The van der Waals surface area contributed by atoms with Crippen molar-refractivity contribution in [2.45, 2.75) is 57.0 Å². The summed E-state index contributed by atoms with van der Waals surface area (Å²) in [5.74, 6) is 0.646. The first-order valence-electron chi connectivity index (χ1n) is 9.71. The molecule has 0 saturated carbocycles. The average molecular weight is 408 g/mol. The van der Waals surface area contributed by atoms with Gasteiger partial charge < -0.3 is 27.0 Å². The third-order valence-electron chi connectivity index (χ3n) is 5.22. The van der Waals surface area contributed by atoms with Crippen LogP contribution in [0, 0.1) is 5.92 Å². The third-order valence-corrected chi connectivity index (χ3v) is 5.59. The molecule has 9 nitrogen and oxygen atoms in total. The Labute approximate surface area is 169 Å². The summed E-state index contributed by atoms with van der Waals surface area (Å²) < 4.78 is 8.00. The fourth-order valence-electron chi connectivity index (χ4n) is 3.80. The molecule has 0 bridgehead atoms. The van der Waals surface area contributed by atoms with Gasteiger partial charge in [0.05, 0.1) is 18.5 Å². The van der Waals surface area contributed by atoms with Gasteiger partial charge >= 0.3 is 0 Å². The molecule has 2 aromatic rings. The maximum Gasteiger partial charge on any atom is 0.167 e. The van der Waals surface area contributed by atoms with Crippen LogP contribution in [-0.2, 0) is 4.74 Å². The second-order valence-corrected chi connectivity index (χ2v) is 7.91. The number of anilines is 1. The first-order chi connectivity index (χ1) is 13.5. The molecule has 3 heterocycles. The van der Waals surface area contributed by atoms with E-state index in [1.54, 1.807) is 6.33 Å². The Morgan fingerprint density at radius 2 is 2.14 bits per heavy atom. The van der Waals surface area contributed by atoms with Crippen molar-refractivity contribution in [2.24, 2.45) is 17.4 Å². The molecule has 0 radical (unpaired) electrons. The zero-order valence-corrected chi connectivity index (χ0v) is 16.7. The first kappa shape index (κ1) is 21.0. The van der Waals surface area contributed by atoms with Gasteiger partial charge in [-0.25, -0.2) is 15.0 Å². The molecule has 2 aromatic heterocycles. The number of aliphatic hydroxyl groups is 1. The van der Waals surface area contributed by atoms with Gasteiger partial charge in [0.2, 0.25) is 0 Å². The number of rotatable bonds is 10. The lowest BCUT2D eigenvalue weighted by Gasteiger charge is -2.23. The summed E-state index contributed by atoms with van der Waals surface area (Å²) in [4.78, 5) is 13.5. The number of hydrogen-bond acceptors (Lipinski definition) is 9. The Morgan fingerprint density at radius 1 is 1.32 bits per heavy atom. The van der Waals surface area contributed by atoms with E-state index in [1.807, 2.05) is 4.57 Å². The van der Waals surface area contributed by atoms with Crippen LogP contribution < -0.4 is 17.2 Å². The molecule has 4 atom stereocenters. The molecule has 0 spiro atoms. The molecule has 1 aliphatic heterocycles. The van der Waals surface area contributed by atoms with E-state index < -0.39 is 6.10 Å². The Hall–Kier alpha value is -1.72. The van der Waals surface area contributed by atoms with Crippen LogP contribution in [0.3, 0.4) is 0 Å². The summed E-state index contributed by atoms with van der Waals surface area (Å²) in [6.07, 6.45) is 6.48. The first-order valence-corrected chi connectivity index (χ1v) is 10.1. The molecule has 7 N–H and O–H groups in total. The molecular formula is C18H29N7O2S. The summed E-state index contributed by atoms with van der Waals surface area (Å²) >= 11 is 5.45. The van der Waals surface area contributed by atoms with Crippen molar-refractivity contribution in [3.63, 3.8) is 0 Å². The summed E-state index contributed by atoms with van der Waals surface area (Å²) in [7, 11) is 0. The van der Waals surface area contributed by atoms with Crippen LogP contribution in [0.4, 0.5) is 5.82 Å². The van der Waals surface area contributed by atoms with E-state index in [9.17, 15) is 5.11 Å². The van der Waals surface area contributed by atoms with Crippen molar-refractivity contribution in [3.8, 4) is 0 Å². The van der Waals surface area contributed by atoms with Crippen molar-refractivity contribution < 1.29 is 9.84 Å². The molecule has 3 rings (SSSR count). The second kappa shape index (κ2) is 9.66. The Morgan fingerprint density at radius 3 is 2.89 bits per heavy atom. The highest BCUT2D eigenvalue weighted by Gasteiger charge is 2.37. The molecule has 1 fully saturated rings. The number of aromatic nitrogens is 4. The summed E-state index contributed by atoms with van der Waals surface area (Å²) in [6, 6.07) is 0. The predicted molar refractivity (Wildman–Crippen MR) is 112 cm³/mol. The van der Waals surface area contributed by atoms with Gasteiger partial charge in [0.25, 0.3) is 0 Å². The lowest BCUT2D eigenvalue weighted by Crippen LogP contribution is -2.25. The van der Waals surface area contributed by atoms with Crippen LogP contribution >= 0.6 is 12.2 Å². The fraction of sp³-hybridized carbons (Fsp3) is 0.667. The number of nitrogens with zero attached hydrogens (tertiary/aromatic N) is 4. The van der Waals surface area contributed by atoms with Crippen LogP contribution in [0.1, 0.15) is 44.8 Å². The molecule has 10 heteroatoms.